The van der Waals surface area contributed by atoms with Gasteiger partial charge in [0, 0.05) is 43.3 Å². The number of hydrogen-bond acceptors (Lipinski definition) is 10. The second-order valence-electron chi connectivity index (χ2n) is 10.4. The number of aromatic nitrogens is 1. The number of nitrogens with zero attached hydrogens (tertiary/aromatic N) is 3. The van der Waals surface area contributed by atoms with Crippen LogP contribution in [0.1, 0.15) is 22.3 Å². The molecule has 0 aliphatic heterocycles. The maximum atomic E-state index is 14.0. The number of aromatic hydroxyl groups is 1. The lowest BCUT2D eigenvalue weighted by molar-refractivity contribution is -0.168. The number of anilines is 1. The number of fused-ring (bicyclic) bond motifs is 3. The number of thiazole rings is 1. The average molecular weight is 525 g/mol. The van der Waals surface area contributed by atoms with Crippen molar-refractivity contribution in [2.45, 2.75) is 24.5 Å². The van der Waals surface area contributed by atoms with E-state index in [1.54, 1.807) is 36.6 Å². The van der Waals surface area contributed by atoms with E-state index in [4.69, 9.17) is 5.73 Å². The highest BCUT2D eigenvalue weighted by molar-refractivity contribution is 7.13. The third kappa shape index (κ3) is 3.48. The molecule has 2 aromatic rings. The summed E-state index contributed by atoms with van der Waals surface area (Å²) in [6.07, 6.45) is 3.49. The van der Waals surface area contributed by atoms with Crippen molar-refractivity contribution < 1.29 is 29.4 Å². The summed E-state index contributed by atoms with van der Waals surface area (Å²) in [5.41, 5.74) is 4.10. The summed E-state index contributed by atoms with van der Waals surface area (Å²) in [6.45, 7) is 0. The monoisotopic (exact) mass is 524 g/mol. The number of aliphatic hydroxyl groups is 1. The molecule has 37 heavy (non-hydrogen) atoms. The van der Waals surface area contributed by atoms with Crippen LogP contribution in [0.5, 0.6) is 5.75 Å². The Morgan fingerprint density at radius 2 is 1.92 bits per heavy atom. The molecular weight excluding hydrogens is 496 g/mol. The van der Waals surface area contributed by atoms with E-state index in [-0.39, 0.29) is 17.7 Å². The number of hydrogen-bond donors (Lipinski definition) is 3. The first kappa shape index (κ1) is 25.2. The standard InChI is InChI=1S/C26H28N4O6S/c1-29(2)16-9-13(25-28-5-6-37-25)20(31)19-12(16)7-11-8-15-17(30(3)4)10-14(24(27)35)22(33)26(15,36)23(34)18(11)21(19)32/h5-6,9-11,15,17-18,31,36H,7-8H2,1-4H3,(H2,27,35)/t11?,15?,17-,18?,26-/m1/s1. The Bertz CT molecular complexity index is 1380. The Balaban J connectivity index is 1.69. The van der Waals surface area contributed by atoms with Crippen molar-refractivity contribution in [1.29, 1.82) is 0 Å². The fourth-order valence-electron chi connectivity index (χ4n) is 6.24. The van der Waals surface area contributed by atoms with Gasteiger partial charge in [0.25, 0.3) is 5.91 Å². The number of carbonyl (C=O) groups excluding carboxylic acids is 4. The van der Waals surface area contributed by atoms with Crippen molar-refractivity contribution >= 4 is 40.3 Å². The smallest absolute Gasteiger partial charge is 0.252 e. The van der Waals surface area contributed by atoms with Crippen LogP contribution in [-0.2, 0) is 20.8 Å². The van der Waals surface area contributed by atoms with Crippen LogP contribution in [0.4, 0.5) is 5.69 Å². The normalized spacial score (nSPS) is 28.9. The van der Waals surface area contributed by atoms with Gasteiger partial charge in [-0.25, -0.2) is 4.98 Å². The lowest BCUT2D eigenvalue weighted by Gasteiger charge is -2.51. The van der Waals surface area contributed by atoms with E-state index < -0.39 is 58.2 Å². The number of phenols is 1. The van der Waals surface area contributed by atoms with E-state index >= 15 is 0 Å². The van der Waals surface area contributed by atoms with Crippen LogP contribution in [0.3, 0.4) is 0 Å². The third-order valence-electron chi connectivity index (χ3n) is 7.95. The van der Waals surface area contributed by atoms with Gasteiger partial charge < -0.3 is 25.7 Å². The van der Waals surface area contributed by atoms with Gasteiger partial charge >= 0.3 is 0 Å². The zero-order chi connectivity index (χ0) is 27.0. The molecule has 5 atom stereocenters. The summed E-state index contributed by atoms with van der Waals surface area (Å²) in [6, 6.07) is 1.16. The number of amides is 1. The molecule has 0 bridgehead atoms. The molecule has 3 aliphatic carbocycles. The number of ketones is 3. The number of rotatable bonds is 4. The molecule has 1 amide bonds. The minimum Gasteiger partial charge on any atom is -0.506 e. The highest BCUT2D eigenvalue weighted by atomic mass is 32.1. The molecule has 5 rings (SSSR count). The Hall–Kier alpha value is -3.41. The van der Waals surface area contributed by atoms with Gasteiger partial charge in [0.05, 0.1) is 22.6 Å². The molecule has 1 saturated carbocycles. The molecule has 1 heterocycles. The summed E-state index contributed by atoms with van der Waals surface area (Å²) < 4.78 is 0. The minimum absolute atomic E-state index is 0.00568. The lowest BCUT2D eigenvalue weighted by atomic mass is 9.54. The van der Waals surface area contributed by atoms with Crippen molar-refractivity contribution in [3.05, 3.63) is 40.4 Å². The van der Waals surface area contributed by atoms with Crippen LogP contribution in [0.2, 0.25) is 0 Å². The number of nitrogens with two attached hydrogens (primary N) is 1. The van der Waals surface area contributed by atoms with Crippen molar-refractivity contribution in [3.63, 3.8) is 0 Å². The predicted octanol–water partition coefficient (Wildman–Crippen LogP) is 0.798. The molecule has 0 saturated heterocycles. The van der Waals surface area contributed by atoms with Crippen molar-refractivity contribution in [2.75, 3.05) is 33.1 Å². The van der Waals surface area contributed by atoms with Gasteiger partial charge in [0.15, 0.2) is 17.2 Å². The molecule has 0 spiro atoms. The first-order chi connectivity index (χ1) is 17.4. The Labute approximate surface area is 217 Å². The van der Waals surface area contributed by atoms with E-state index in [9.17, 15) is 29.4 Å². The molecule has 10 nitrogen and oxygen atoms in total. The summed E-state index contributed by atoms with van der Waals surface area (Å²) in [7, 11) is 7.10. The Morgan fingerprint density at radius 3 is 2.49 bits per heavy atom. The van der Waals surface area contributed by atoms with Crippen LogP contribution in [-0.4, -0.2) is 83.2 Å². The van der Waals surface area contributed by atoms with Crippen molar-refractivity contribution in [2.24, 2.45) is 23.5 Å². The number of likely N-dealkylation sites (N-methyl/N-ethyl adjacent to an activating group) is 1. The van der Waals surface area contributed by atoms with E-state index in [0.29, 0.717) is 22.6 Å². The molecule has 1 aromatic carbocycles. The summed E-state index contributed by atoms with van der Waals surface area (Å²) >= 11 is 1.30. The van der Waals surface area contributed by atoms with E-state index in [1.807, 2.05) is 19.0 Å². The van der Waals surface area contributed by atoms with Crippen molar-refractivity contribution in [3.8, 4) is 16.3 Å². The van der Waals surface area contributed by atoms with E-state index in [1.165, 1.54) is 17.4 Å². The van der Waals surface area contributed by atoms with Crippen LogP contribution >= 0.6 is 11.3 Å². The van der Waals surface area contributed by atoms with Crippen LogP contribution in [0, 0.1) is 17.8 Å². The van der Waals surface area contributed by atoms with Gasteiger partial charge in [-0.3, -0.25) is 19.2 Å². The quantitative estimate of drug-likeness (QED) is 0.389. The second-order valence-corrected chi connectivity index (χ2v) is 11.3. The lowest BCUT2D eigenvalue weighted by Crippen LogP contribution is -2.68. The molecule has 11 heteroatoms. The number of carbonyl (C=O) groups is 4. The van der Waals surface area contributed by atoms with Crippen LogP contribution in [0.15, 0.2) is 29.3 Å². The summed E-state index contributed by atoms with van der Waals surface area (Å²) in [5.74, 6) is -6.70. The van der Waals surface area contributed by atoms with Gasteiger partial charge in [-0.2, -0.15) is 0 Å². The topological polar surface area (TPSA) is 154 Å². The number of Topliss-reactive ketones (excluding diaryl/α,β-unsaturated/α-hetero) is 3. The maximum Gasteiger partial charge on any atom is 0.252 e. The van der Waals surface area contributed by atoms with Crippen LogP contribution in [0.25, 0.3) is 10.6 Å². The fourth-order valence-corrected chi connectivity index (χ4v) is 6.90. The third-order valence-corrected chi connectivity index (χ3v) is 8.76. The second kappa shape index (κ2) is 8.57. The highest BCUT2D eigenvalue weighted by Crippen LogP contribution is 2.52. The molecule has 0 radical (unpaired) electrons. The van der Waals surface area contributed by atoms with Crippen LogP contribution < -0.4 is 10.6 Å². The van der Waals surface area contributed by atoms with Gasteiger partial charge in [0.1, 0.15) is 10.8 Å². The highest BCUT2D eigenvalue weighted by Gasteiger charge is 2.65. The molecular formula is C26H28N4O6S. The van der Waals surface area contributed by atoms with Crippen molar-refractivity contribution in [1.82, 2.24) is 9.88 Å². The van der Waals surface area contributed by atoms with Gasteiger partial charge in [-0.05, 0) is 44.5 Å². The summed E-state index contributed by atoms with van der Waals surface area (Å²) in [5, 5.41) is 25.2. The first-order valence-electron chi connectivity index (χ1n) is 11.9. The van der Waals surface area contributed by atoms with E-state index in [0.717, 1.165) is 5.69 Å². The van der Waals surface area contributed by atoms with Gasteiger partial charge in [-0.15, -0.1) is 11.3 Å². The molecule has 3 unspecified atom stereocenters. The molecule has 3 aliphatic rings. The minimum atomic E-state index is -2.57. The van der Waals surface area contributed by atoms with E-state index in [2.05, 4.69) is 4.98 Å². The fraction of sp³-hybridized carbons (Fsp3) is 0.423. The first-order valence-corrected chi connectivity index (χ1v) is 12.8. The summed E-state index contributed by atoms with van der Waals surface area (Å²) in [4.78, 5) is 61.1. The Kier molecular flexibility index (Phi) is 5.85. The molecule has 1 fully saturated rings. The SMILES string of the molecule is CN(C)c1cc(-c2nccs2)c(O)c2c1CC1CC3[C@H](N(C)C)C=C(C(N)=O)C(=O)[C@@]3(O)C(=O)C1C2=O. The predicted molar refractivity (Wildman–Crippen MR) is 136 cm³/mol. The zero-order valence-electron chi connectivity index (χ0n) is 20.9. The average Bonchev–Trinajstić information content (AvgIpc) is 3.35. The number of phenolic OH excluding ortho intramolecular Hbond substituents is 1. The molecule has 4 N–H and O–H groups in total. The zero-order valence-corrected chi connectivity index (χ0v) is 21.7. The number of primary amides is 1. The molecule has 194 valence electrons. The Morgan fingerprint density at radius 1 is 1.22 bits per heavy atom. The van der Waals surface area contributed by atoms with Gasteiger partial charge in [-0.1, -0.05) is 6.08 Å². The largest absolute Gasteiger partial charge is 0.506 e. The molecule has 1 aromatic heterocycles. The van der Waals surface area contributed by atoms with Gasteiger partial charge in [0.2, 0.25) is 5.78 Å². The number of benzene rings is 1. The maximum absolute atomic E-state index is 14.0.